The van der Waals surface area contributed by atoms with E-state index in [0.29, 0.717) is 24.5 Å². The van der Waals surface area contributed by atoms with E-state index in [1.165, 1.54) is 11.0 Å². The summed E-state index contributed by atoms with van der Waals surface area (Å²) in [5, 5.41) is 0. The van der Waals surface area contributed by atoms with E-state index in [0.717, 1.165) is 24.2 Å². The zero-order chi connectivity index (χ0) is 16.9. The lowest BCUT2D eigenvalue weighted by Crippen LogP contribution is -2.57. The van der Waals surface area contributed by atoms with Gasteiger partial charge in [-0.2, -0.15) is 0 Å². The number of rotatable bonds is 1. The summed E-state index contributed by atoms with van der Waals surface area (Å²) in [6, 6.07) is 6.41. The van der Waals surface area contributed by atoms with Crippen LogP contribution in [0.4, 0.5) is 10.1 Å². The summed E-state index contributed by atoms with van der Waals surface area (Å²) < 4.78 is 14.3. The summed E-state index contributed by atoms with van der Waals surface area (Å²) in [7, 11) is 1.94. The molecule has 1 amide bonds. The Bertz CT molecular complexity index is 824. The number of carbonyl (C=O) groups is 1. The molecular weight excluding hydrogens is 307 g/mol. The molecule has 1 fully saturated rings. The topological polar surface area (TPSA) is 49.3 Å². The van der Waals surface area contributed by atoms with Gasteiger partial charge in [0.05, 0.1) is 17.9 Å². The minimum absolute atomic E-state index is 0.0989. The third-order valence-electron chi connectivity index (χ3n) is 5.13. The van der Waals surface area contributed by atoms with Crippen molar-refractivity contribution >= 4 is 11.6 Å². The standard InChI is InChI=1S/C18H19FN4O/c1-12-20-10-13-11-23(15-7-4-3-6-14(15)19)17(24)18(16(13)21-12)8-5-9-22(18)2/h3-4,6-7,10H,5,8-9,11H2,1-2H3. The summed E-state index contributed by atoms with van der Waals surface area (Å²) in [5.41, 5.74) is 1.17. The third-order valence-corrected chi connectivity index (χ3v) is 5.13. The lowest BCUT2D eigenvalue weighted by molar-refractivity contribution is -0.130. The van der Waals surface area contributed by atoms with Crippen molar-refractivity contribution in [3.8, 4) is 0 Å². The first kappa shape index (κ1) is 15.2. The minimum Gasteiger partial charge on any atom is -0.303 e. The first-order valence-corrected chi connectivity index (χ1v) is 8.15. The lowest BCUT2D eigenvalue weighted by atomic mass is 9.83. The molecule has 0 N–H and O–H groups in total. The van der Waals surface area contributed by atoms with Crippen molar-refractivity contribution < 1.29 is 9.18 Å². The van der Waals surface area contributed by atoms with Crippen molar-refractivity contribution in [3.05, 3.63) is 53.4 Å². The number of hydrogen-bond acceptors (Lipinski definition) is 4. The van der Waals surface area contributed by atoms with Gasteiger partial charge < -0.3 is 4.90 Å². The molecule has 1 saturated heterocycles. The average Bonchev–Trinajstić information content (AvgIpc) is 2.95. The van der Waals surface area contributed by atoms with Crippen molar-refractivity contribution in [2.45, 2.75) is 31.8 Å². The van der Waals surface area contributed by atoms with Crippen LogP contribution in [0.2, 0.25) is 0 Å². The predicted molar refractivity (Wildman–Crippen MR) is 87.9 cm³/mol. The average molecular weight is 326 g/mol. The molecule has 2 aliphatic heterocycles. The Balaban J connectivity index is 1.92. The number of anilines is 1. The van der Waals surface area contributed by atoms with Gasteiger partial charge in [0.1, 0.15) is 17.2 Å². The molecule has 124 valence electrons. The predicted octanol–water partition coefficient (Wildman–Crippen LogP) is 2.39. The molecule has 4 rings (SSSR count). The second-order valence-electron chi connectivity index (χ2n) is 6.52. The van der Waals surface area contributed by atoms with E-state index in [1.807, 2.05) is 18.9 Å². The van der Waals surface area contributed by atoms with Crippen molar-refractivity contribution in [3.63, 3.8) is 0 Å². The molecule has 24 heavy (non-hydrogen) atoms. The first-order chi connectivity index (χ1) is 11.5. The number of likely N-dealkylation sites (N-methyl/N-ethyl adjacent to an activating group) is 1. The molecule has 6 heteroatoms. The van der Waals surface area contributed by atoms with Crippen molar-refractivity contribution in [2.75, 3.05) is 18.5 Å². The molecular formula is C18H19FN4O. The monoisotopic (exact) mass is 326 g/mol. The number of nitrogens with zero attached hydrogens (tertiary/aromatic N) is 4. The number of benzene rings is 1. The van der Waals surface area contributed by atoms with E-state index in [-0.39, 0.29) is 5.91 Å². The van der Waals surface area contributed by atoms with Gasteiger partial charge in [0.2, 0.25) is 0 Å². The van der Waals surface area contributed by atoms with Crippen LogP contribution < -0.4 is 4.90 Å². The van der Waals surface area contributed by atoms with Crippen LogP contribution in [-0.2, 0) is 16.9 Å². The molecule has 2 aliphatic rings. The molecule has 1 aromatic carbocycles. The van der Waals surface area contributed by atoms with Gasteiger partial charge in [0, 0.05) is 11.8 Å². The third kappa shape index (κ3) is 1.99. The molecule has 2 aromatic rings. The van der Waals surface area contributed by atoms with Gasteiger partial charge in [-0.15, -0.1) is 0 Å². The number of carbonyl (C=O) groups excluding carboxylic acids is 1. The molecule has 0 bridgehead atoms. The molecule has 0 aliphatic carbocycles. The van der Waals surface area contributed by atoms with E-state index >= 15 is 0 Å². The van der Waals surface area contributed by atoms with Crippen LogP contribution in [-0.4, -0.2) is 34.4 Å². The largest absolute Gasteiger partial charge is 0.303 e. The smallest absolute Gasteiger partial charge is 0.254 e. The number of likely N-dealkylation sites (tertiary alicyclic amines) is 1. The highest BCUT2D eigenvalue weighted by atomic mass is 19.1. The van der Waals surface area contributed by atoms with Gasteiger partial charge in [-0.05, 0) is 45.5 Å². The molecule has 1 atom stereocenters. The summed E-state index contributed by atoms with van der Waals surface area (Å²) >= 11 is 0. The van der Waals surface area contributed by atoms with Gasteiger partial charge in [0.15, 0.2) is 0 Å². The summed E-state index contributed by atoms with van der Waals surface area (Å²) in [5.74, 6) is 0.164. The Morgan fingerprint density at radius 3 is 2.79 bits per heavy atom. The van der Waals surface area contributed by atoms with Crippen LogP contribution in [0.3, 0.4) is 0 Å². The maximum atomic E-state index is 14.3. The highest BCUT2D eigenvalue weighted by Crippen LogP contribution is 2.44. The quantitative estimate of drug-likeness (QED) is 0.807. The summed E-state index contributed by atoms with van der Waals surface area (Å²) in [6.07, 6.45) is 3.37. The van der Waals surface area contributed by atoms with Crippen LogP contribution in [0.5, 0.6) is 0 Å². The van der Waals surface area contributed by atoms with Crippen LogP contribution in [0, 0.1) is 12.7 Å². The fourth-order valence-electron chi connectivity index (χ4n) is 3.92. The Morgan fingerprint density at radius 1 is 1.29 bits per heavy atom. The van der Waals surface area contributed by atoms with E-state index in [1.54, 1.807) is 24.4 Å². The lowest BCUT2D eigenvalue weighted by Gasteiger charge is -2.43. The van der Waals surface area contributed by atoms with Gasteiger partial charge in [-0.3, -0.25) is 9.69 Å². The number of amides is 1. The van der Waals surface area contributed by atoms with E-state index in [2.05, 4.69) is 9.97 Å². The SMILES string of the molecule is Cc1ncc2c(n1)C1(CCCN1C)C(=O)N(c1ccccc1F)C2. The number of hydrogen-bond donors (Lipinski definition) is 0. The van der Waals surface area contributed by atoms with Crippen LogP contribution >= 0.6 is 0 Å². The molecule has 0 radical (unpaired) electrons. The van der Waals surface area contributed by atoms with Gasteiger partial charge >= 0.3 is 0 Å². The maximum absolute atomic E-state index is 14.3. The zero-order valence-electron chi connectivity index (χ0n) is 13.8. The van der Waals surface area contributed by atoms with Crippen LogP contribution in [0.25, 0.3) is 0 Å². The van der Waals surface area contributed by atoms with E-state index < -0.39 is 11.4 Å². The van der Waals surface area contributed by atoms with Gasteiger partial charge in [-0.25, -0.2) is 14.4 Å². The highest BCUT2D eigenvalue weighted by molar-refractivity contribution is 6.02. The minimum atomic E-state index is -0.816. The molecule has 5 nitrogen and oxygen atoms in total. The molecule has 1 unspecified atom stereocenters. The number of fused-ring (bicyclic) bond motifs is 2. The fourth-order valence-corrected chi connectivity index (χ4v) is 3.92. The number of aromatic nitrogens is 2. The normalized spacial score (nSPS) is 23.8. The van der Waals surface area contributed by atoms with Crippen molar-refractivity contribution in [1.82, 2.24) is 14.9 Å². The number of aryl methyl sites for hydroxylation is 1. The second kappa shape index (κ2) is 5.34. The Labute approximate surface area is 140 Å². The van der Waals surface area contributed by atoms with Gasteiger partial charge in [0.25, 0.3) is 5.91 Å². The second-order valence-corrected chi connectivity index (χ2v) is 6.52. The van der Waals surface area contributed by atoms with E-state index in [9.17, 15) is 9.18 Å². The Kier molecular flexibility index (Phi) is 3.38. The Hall–Kier alpha value is -2.34. The maximum Gasteiger partial charge on any atom is 0.254 e. The first-order valence-electron chi connectivity index (χ1n) is 8.15. The molecule has 0 saturated carbocycles. The molecule has 1 aromatic heterocycles. The summed E-state index contributed by atoms with van der Waals surface area (Å²) in [4.78, 5) is 25.9. The number of halogens is 1. The van der Waals surface area contributed by atoms with Crippen LogP contribution in [0.15, 0.2) is 30.5 Å². The molecule has 1 spiro atoms. The highest BCUT2D eigenvalue weighted by Gasteiger charge is 2.54. The van der Waals surface area contributed by atoms with Crippen LogP contribution in [0.1, 0.15) is 29.9 Å². The van der Waals surface area contributed by atoms with Gasteiger partial charge in [-0.1, -0.05) is 12.1 Å². The van der Waals surface area contributed by atoms with Crippen molar-refractivity contribution in [2.24, 2.45) is 0 Å². The van der Waals surface area contributed by atoms with Crippen molar-refractivity contribution in [1.29, 1.82) is 0 Å². The van der Waals surface area contributed by atoms with E-state index in [4.69, 9.17) is 0 Å². The zero-order valence-corrected chi connectivity index (χ0v) is 13.8. The number of para-hydroxylation sites is 1. The fraction of sp³-hybridized carbons (Fsp3) is 0.389. The Morgan fingerprint density at radius 2 is 2.08 bits per heavy atom. The molecule has 3 heterocycles. The summed E-state index contributed by atoms with van der Waals surface area (Å²) in [6.45, 7) is 2.95.